The van der Waals surface area contributed by atoms with Gasteiger partial charge in [0.2, 0.25) is 0 Å². The second kappa shape index (κ2) is 16.6. The van der Waals surface area contributed by atoms with Crippen LogP contribution in [0, 0.1) is 5.41 Å². The molecule has 0 amide bonds. The lowest BCUT2D eigenvalue weighted by atomic mass is 10.1. The van der Waals surface area contributed by atoms with E-state index in [4.69, 9.17) is 21.6 Å². The van der Waals surface area contributed by atoms with Crippen LogP contribution in [0.4, 0.5) is 45.5 Å². The number of aromatic carboxylic acids is 1. The van der Waals surface area contributed by atoms with Gasteiger partial charge >= 0.3 is 5.97 Å². The number of nitrogens with two attached hydrogens (primary N) is 2. The number of carboxylic acid groups (broad SMARTS) is 1. The van der Waals surface area contributed by atoms with E-state index < -0.39 is 106 Å². The summed E-state index contributed by atoms with van der Waals surface area (Å²) in [6.07, 6.45) is 0.580. The molecule has 4 rings (SSSR count). The van der Waals surface area contributed by atoms with Gasteiger partial charge in [-0.15, -0.1) is 25.6 Å². The molecule has 0 unspecified atom stereocenters. The summed E-state index contributed by atoms with van der Waals surface area (Å²) in [5, 5.41) is 41.5. The van der Waals surface area contributed by atoms with Crippen molar-refractivity contribution in [3.8, 4) is 0 Å². The van der Waals surface area contributed by atoms with Gasteiger partial charge < -0.3 is 21.3 Å². The average molecular weight is 862 g/mol. The molecule has 0 heterocycles. The summed E-state index contributed by atoms with van der Waals surface area (Å²) in [6, 6.07) is 10.2. The fraction of sp³-hybridized carbons (Fsp3) is 0.0323. The van der Waals surface area contributed by atoms with Crippen LogP contribution in [0.2, 0.25) is 0 Å². The Kier molecular flexibility index (Phi) is 12.6. The highest BCUT2D eigenvalue weighted by atomic mass is 32.2. The molecule has 0 radical (unpaired) electrons. The third-order valence-corrected chi connectivity index (χ3v) is 11.7. The molecule has 57 heavy (non-hydrogen) atoms. The molecule has 0 fully saturated rings. The fourth-order valence-electron chi connectivity index (χ4n) is 4.52. The first kappa shape index (κ1) is 43.2. The maximum absolute atomic E-state index is 12.7. The molecule has 4 aromatic carbocycles. The van der Waals surface area contributed by atoms with E-state index in [9.17, 15) is 52.7 Å². The number of azo groups is 3. The van der Waals surface area contributed by atoms with Crippen molar-refractivity contribution in [2.75, 3.05) is 11.5 Å². The molecule has 0 bridgehead atoms. The number of hydrogen-bond acceptors (Lipinski definition) is 19. The second-order valence-corrected chi connectivity index (χ2v) is 17.5. The molecule has 26 heteroatoms. The highest BCUT2D eigenvalue weighted by molar-refractivity contribution is 7.94. The van der Waals surface area contributed by atoms with Gasteiger partial charge in [-0.3, -0.25) is 14.5 Å². The van der Waals surface area contributed by atoms with Gasteiger partial charge in [0.15, 0.2) is 26.1 Å². The molecule has 0 atom stereocenters. The van der Waals surface area contributed by atoms with E-state index in [0.717, 1.165) is 36.4 Å². The van der Waals surface area contributed by atoms with Crippen LogP contribution in [0.25, 0.3) is 0 Å². The predicted octanol–water partition coefficient (Wildman–Crippen LogP) is 6.25. The zero-order valence-corrected chi connectivity index (χ0v) is 31.8. The van der Waals surface area contributed by atoms with Gasteiger partial charge in [-0.05, 0) is 60.2 Å². The van der Waals surface area contributed by atoms with Crippen molar-refractivity contribution in [1.29, 1.82) is 5.41 Å². The molecule has 0 spiro atoms. The van der Waals surface area contributed by atoms with Crippen LogP contribution in [-0.4, -0.2) is 60.3 Å². The predicted molar refractivity (Wildman–Crippen MR) is 202 cm³/mol. The number of benzene rings is 4. The monoisotopic (exact) mass is 861 g/mol. The minimum atomic E-state index is -5.19. The number of sulfone groups is 2. The molecule has 0 aliphatic rings. The van der Waals surface area contributed by atoms with Gasteiger partial charge in [-0.2, -0.15) is 21.9 Å². The van der Waals surface area contributed by atoms with Gasteiger partial charge in [-0.25, -0.2) is 21.6 Å². The molecule has 0 aliphatic heterocycles. The van der Waals surface area contributed by atoms with Crippen molar-refractivity contribution < 1.29 is 57.4 Å². The number of rotatable bonds is 16. The van der Waals surface area contributed by atoms with Crippen molar-refractivity contribution in [1.82, 2.24) is 0 Å². The van der Waals surface area contributed by atoms with E-state index >= 15 is 0 Å². The Morgan fingerprint density at radius 1 is 0.667 bits per heavy atom. The molecular weight excluding hydrogens is 835 g/mol. The van der Waals surface area contributed by atoms with Crippen LogP contribution < -0.4 is 11.5 Å². The Hall–Kier alpha value is -6.58. The number of ether oxygens (including phenoxy) is 1. The van der Waals surface area contributed by atoms with Crippen LogP contribution in [0.5, 0.6) is 0 Å². The van der Waals surface area contributed by atoms with Crippen molar-refractivity contribution in [2.24, 2.45) is 30.7 Å². The summed E-state index contributed by atoms with van der Waals surface area (Å²) in [4.78, 5) is 10.1. The highest BCUT2D eigenvalue weighted by Crippen LogP contribution is 2.49. The fourth-order valence-corrected chi connectivity index (χ4v) is 7.35. The van der Waals surface area contributed by atoms with E-state index in [1.54, 1.807) is 0 Å². The highest BCUT2D eigenvalue weighted by Gasteiger charge is 2.28. The quantitative estimate of drug-likeness (QED) is 0.0238. The molecular formula is C31H27N9O13S4. The molecule has 298 valence electrons. The zero-order chi connectivity index (χ0) is 42.5. The minimum Gasteiger partial charge on any atom is -0.479 e. The number of carboxylic acids is 1. The van der Waals surface area contributed by atoms with Gasteiger partial charge in [0, 0.05) is 10.8 Å². The molecule has 22 nitrogen and oxygen atoms in total. The van der Waals surface area contributed by atoms with Crippen LogP contribution in [-0.2, 0) is 51.3 Å². The third kappa shape index (κ3) is 9.81. The smallest absolute Gasteiger partial charge is 0.340 e. The summed E-state index contributed by atoms with van der Waals surface area (Å²) < 4.78 is 122. The van der Waals surface area contributed by atoms with Crippen LogP contribution in [0.1, 0.15) is 15.9 Å². The van der Waals surface area contributed by atoms with E-state index in [-0.39, 0.29) is 22.8 Å². The lowest BCUT2D eigenvalue weighted by molar-refractivity contribution is 0.0698. The number of anilines is 2. The number of nitrogens with zero attached hydrogens (tertiary/aromatic N) is 6. The molecule has 4 aromatic rings. The summed E-state index contributed by atoms with van der Waals surface area (Å²) >= 11 is 0. The van der Waals surface area contributed by atoms with Crippen LogP contribution >= 0.6 is 0 Å². The van der Waals surface area contributed by atoms with E-state index in [1.165, 1.54) is 18.2 Å². The first-order valence-electron chi connectivity index (χ1n) is 15.0. The van der Waals surface area contributed by atoms with Crippen LogP contribution in [0.3, 0.4) is 0 Å². The Labute approximate surface area is 323 Å². The first-order chi connectivity index (χ1) is 26.5. The minimum absolute atomic E-state index is 0.0471. The van der Waals surface area contributed by atoms with Crippen LogP contribution in [0.15, 0.2) is 135 Å². The van der Waals surface area contributed by atoms with Gasteiger partial charge in [0.05, 0.1) is 26.9 Å². The van der Waals surface area contributed by atoms with Crippen molar-refractivity contribution in [3.05, 3.63) is 95.8 Å². The maximum Gasteiger partial charge on any atom is 0.340 e. The summed E-state index contributed by atoms with van der Waals surface area (Å²) in [6.45, 7) is 6.09. The van der Waals surface area contributed by atoms with Gasteiger partial charge in [-0.1, -0.05) is 19.2 Å². The van der Waals surface area contributed by atoms with Crippen molar-refractivity contribution in [2.45, 2.75) is 26.2 Å². The normalized spacial score (nSPS) is 12.6. The number of hydrogen-bond donors (Lipinski definition) is 6. The van der Waals surface area contributed by atoms with Gasteiger partial charge in [0.1, 0.15) is 50.4 Å². The summed E-state index contributed by atoms with van der Waals surface area (Å²) in [5.41, 5.74) is 6.87. The Morgan fingerprint density at radius 3 is 1.61 bits per heavy atom. The van der Waals surface area contributed by atoms with Crippen molar-refractivity contribution in [3.63, 3.8) is 0 Å². The SMILES string of the molecule is C=CS(=O)(=O)c1ccc(N=Nc2c(N)c(N=Nc3ccc(S(=O)(=O)C=C)cc3S(=O)(=O)O)c(N)c(N=Nc3ccc(COC=N)cc3S(=O)(=O)O)c2C(=O)O)cc1. The largest absolute Gasteiger partial charge is 0.479 e. The number of nitrogen functional groups attached to an aromatic ring is 2. The Balaban J connectivity index is 2.03. The van der Waals surface area contributed by atoms with Crippen molar-refractivity contribution >= 4 is 97.8 Å². The number of nitrogens with one attached hydrogen (secondary N) is 1. The number of carbonyl (C=O) groups is 1. The molecule has 8 N–H and O–H groups in total. The molecule has 0 saturated carbocycles. The molecule has 0 saturated heterocycles. The molecule has 0 aromatic heterocycles. The maximum atomic E-state index is 12.7. The van der Waals surface area contributed by atoms with Gasteiger partial charge in [0.25, 0.3) is 20.2 Å². The average Bonchev–Trinajstić information content (AvgIpc) is 3.15. The Morgan fingerprint density at radius 2 is 1.12 bits per heavy atom. The topological polar surface area (TPSA) is 374 Å². The second-order valence-electron chi connectivity index (χ2n) is 10.9. The standard InChI is InChI=1S/C31H27N9O13S4/c1-3-54(43,44)19-8-6-18(7-9-19)35-38-28-25(31(41)42)29(39-36-21-11-5-17(15-53-16-32)13-23(21)56(47,48)49)27(34)30(26(28)33)40-37-22-12-10-20(55(45,46)4-2)14-24(22)57(50,51)52/h3-14,16,32H,1-2,15,33-34H2,(H,41,42)(H,47,48,49)(H,50,51,52). The zero-order valence-electron chi connectivity index (χ0n) is 28.5. The Bertz CT molecular complexity index is 2880. The van der Waals surface area contributed by atoms with E-state index in [1.807, 2.05) is 0 Å². The lowest BCUT2D eigenvalue weighted by Crippen LogP contribution is -2.04. The van der Waals surface area contributed by atoms with E-state index in [2.05, 4.69) is 43.8 Å². The van der Waals surface area contributed by atoms with E-state index in [0.29, 0.717) is 23.3 Å². The first-order valence-corrected chi connectivity index (χ1v) is 20.9. The molecule has 0 aliphatic carbocycles. The summed E-state index contributed by atoms with van der Waals surface area (Å²) in [5.74, 6) is -1.81. The summed E-state index contributed by atoms with van der Waals surface area (Å²) in [7, 11) is -18.3. The lowest BCUT2D eigenvalue weighted by Gasteiger charge is -2.13. The third-order valence-electron chi connectivity index (χ3n) is 7.27.